The lowest BCUT2D eigenvalue weighted by molar-refractivity contribution is 0.187. The molecule has 2 N–H and O–H groups in total. The summed E-state index contributed by atoms with van der Waals surface area (Å²) in [6.45, 7) is 0. The van der Waals surface area contributed by atoms with E-state index in [9.17, 15) is 4.39 Å². The first-order valence-corrected chi connectivity index (χ1v) is 6.20. The van der Waals surface area contributed by atoms with Gasteiger partial charge in [0.25, 0.3) is 0 Å². The van der Waals surface area contributed by atoms with Crippen LogP contribution in [0.1, 0.15) is 36.8 Å². The molecule has 86 valence electrons. The second kappa shape index (κ2) is 3.56. The van der Waals surface area contributed by atoms with Crippen molar-refractivity contribution in [2.24, 2.45) is 11.1 Å². The Hall–Kier alpha value is -0.890. The molecule has 0 atom stereocenters. The first-order chi connectivity index (χ1) is 7.67. The molecule has 3 rings (SSSR count). The van der Waals surface area contributed by atoms with Gasteiger partial charge in [-0.3, -0.25) is 0 Å². The highest BCUT2D eigenvalue weighted by Gasteiger charge is 2.39. The summed E-state index contributed by atoms with van der Waals surface area (Å²) < 4.78 is 13.2. The van der Waals surface area contributed by atoms with Crippen LogP contribution in [-0.2, 0) is 12.8 Å². The number of hydrogen-bond donors (Lipinski definition) is 1. The summed E-state index contributed by atoms with van der Waals surface area (Å²) in [5, 5.41) is 0. The summed E-state index contributed by atoms with van der Waals surface area (Å²) in [6, 6.07) is 5.67. The molecule has 0 aromatic heterocycles. The predicted octanol–water partition coefficient (Wildman–Crippen LogP) is 2.81. The van der Waals surface area contributed by atoms with E-state index in [2.05, 4.69) is 0 Å². The third-order valence-electron chi connectivity index (χ3n) is 4.39. The molecule has 0 aliphatic heterocycles. The van der Waals surface area contributed by atoms with Crippen LogP contribution in [0.25, 0.3) is 0 Å². The van der Waals surface area contributed by atoms with E-state index in [1.54, 1.807) is 12.1 Å². The van der Waals surface area contributed by atoms with Gasteiger partial charge in [-0.25, -0.2) is 4.39 Å². The minimum atomic E-state index is -0.0942. The lowest BCUT2D eigenvalue weighted by atomic mass is 9.71. The molecule has 2 aliphatic carbocycles. The first kappa shape index (κ1) is 10.3. The molecule has 1 fully saturated rings. The zero-order chi connectivity index (χ0) is 11.2. The first-order valence-electron chi connectivity index (χ1n) is 6.20. The zero-order valence-electron chi connectivity index (χ0n) is 9.51. The van der Waals surface area contributed by atoms with Crippen molar-refractivity contribution in [2.75, 3.05) is 0 Å². The number of rotatable bonds is 0. The standard InChI is InChI=1S/C14H18FN/c15-12-2-1-10-8-14(9-11(10)7-12)5-3-13(16)4-6-14/h1-2,7,13H,3-6,8-9,16H2. The topological polar surface area (TPSA) is 26.0 Å². The summed E-state index contributed by atoms with van der Waals surface area (Å²) in [6.07, 6.45) is 6.89. The molecule has 0 saturated heterocycles. The molecular formula is C14H18FN. The molecule has 2 aliphatic rings. The summed E-state index contributed by atoms with van der Waals surface area (Å²) >= 11 is 0. The third-order valence-corrected chi connectivity index (χ3v) is 4.39. The third kappa shape index (κ3) is 1.65. The van der Waals surface area contributed by atoms with Crippen LogP contribution in [0, 0.1) is 11.2 Å². The Morgan fingerprint density at radius 2 is 1.81 bits per heavy atom. The zero-order valence-corrected chi connectivity index (χ0v) is 9.51. The van der Waals surface area contributed by atoms with Crippen molar-refractivity contribution in [2.45, 2.75) is 44.6 Å². The monoisotopic (exact) mass is 219 g/mol. The van der Waals surface area contributed by atoms with Crippen molar-refractivity contribution in [1.29, 1.82) is 0 Å². The molecule has 1 aromatic rings. The number of nitrogens with two attached hydrogens (primary N) is 1. The van der Waals surface area contributed by atoms with Crippen molar-refractivity contribution < 1.29 is 4.39 Å². The van der Waals surface area contributed by atoms with Gasteiger partial charge in [0, 0.05) is 6.04 Å². The number of halogens is 1. The van der Waals surface area contributed by atoms with Gasteiger partial charge in [-0.05, 0) is 67.2 Å². The minimum Gasteiger partial charge on any atom is -0.328 e. The predicted molar refractivity (Wildman–Crippen MR) is 62.7 cm³/mol. The number of fused-ring (bicyclic) bond motifs is 1. The Bertz CT molecular complexity index is 405. The van der Waals surface area contributed by atoms with Gasteiger partial charge in [-0.15, -0.1) is 0 Å². The Balaban J connectivity index is 1.84. The Morgan fingerprint density at radius 1 is 1.12 bits per heavy atom. The Morgan fingerprint density at radius 3 is 2.56 bits per heavy atom. The van der Waals surface area contributed by atoms with Gasteiger partial charge in [-0.1, -0.05) is 6.07 Å². The van der Waals surface area contributed by atoms with E-state index in [0.29, 0.717) is 11.5 Å². The molecule has 1 spiro atoms. The molecule has 0 heterocycles. The van der Waals surface area contributed by atoms with Crippen LogP contribution < -0.4 is 5.73 Å². The van der Waals surface area contributed by atoms with Gasteiger partial charge in [0.2, 0.25) is 0 Å². The normalized spacial score (nSPS) is 33.0. The Kier molecular flexibility index (Phi) is 2.28. The smallest absolute Gasteiger partial charge is 0.123 e. The van der Waals surface area contributed by atoms with Gasteiger partial charge < -0.3 is 5.73 Å². The molecule has 1 nitrogen and oxygen atoms in total. The van der Waals surface area contributed by atoms with Crippen LogP contribution in [0.3, 0.4) is 0 Å². The molecule has 1 aromatic carbocycles. The van der Waals surface area contributed by atoms with Crippen molar-refractivity contribution in [3.8, 4) is 0 Å². The Labute approximate surface area is 95.8 Å². The molecule has 0 bridgehead atoms. The largest absolute Gasteiger partial charge is 0.328 e. The maximum atomic E-state index is 13.2. The van der Waals surface area contributed by atoms with Crippen LogP contribution in [0.2, 0.25) is 0 Å². The lowest BCUT2D eigenvalue weighted by Crippen LogP contribution is -2.34. The van der Waals surface area contributed by atoms with Crippen molar-refractivity contribution in [3.63, 3.8) is 0 Å². The van der Waals surface area contributed by atoms with Gasteiger partial charge >= 0.3 is 0 Å². The van der Waals surface area contributed by atoms with Crippen molar-refractivity contribution in [1.82, 2.24) is 0 Å². The van der Waals surface area contributed by atoms with E-state index in [-0.39, 0.29) is 5.82 Å². The maximum Gasteiger partial charge on any atom is 0.123 e. The maximum absolute atomic E-state index is 13.2. The number of benzene rings is 1. The average molecular weight is 219 g/mol. The fourth-order valence-corrected chi connectivity index (χ4v) is 3.41. The molecule has 0 amide bonds. The molecule has 2 heteroatoms. The van der Waals surface area contributed by atoms with Crippen molar-refractivity contribution >= 4 is 0 Å². The van der Waals surface area contributed by atoms with Crippen LogP contribution in [0.15, 0.2) is 18.2 Å². The van der Waals surface area contributed by atoms with Gasteiger partial charge in [0.1, 0.15) is 5.82 Å². The number of hydrogen-bond acceptors (Lipinski definition) is 1. The van der Waals surface area contributed by atoms with E-state index in [0.717, 1.165) is 25.7 Å². The fraction of sp³-hybridized carbons (Fsp3) is 0.571. The van der Waals surface area contributed by atoms with Gasteiger partial charge in [0.05, 0.1) is 0 Å². The molecule has 0 unspecified atom stereocenters. The minimum absolute atomic E-state index is 0.0942. The van der Waals surface area contributed by atoms with Gasteiger partial charge in [0.15, 0.2) is 0 Å². The lowest BCUT2D eigenvalue weighted by Gasteiger charge is -2.36. The summed E-state index contributed by atoms with van der Waals surface area (Å²) in [7, 11) is 0. The molecule has 16 heavy (non-hydrogen) atoms. The van der Waals surface area contributed by atoms with E-state index in [4.69, 9.17) is 5.73 Å². The molecule has 1 saturated carbocycles. The van der Waals surface area contributed by atoms with E-state index < -0.39 is 0 Å². The molecular weight excluding hydrogens is 201 g/mol. The summed E-state index contributed by atoms with van der Waals surface area (Å²) in [4.78, 5) is 0. The summed E-state index contributed by atoms with van der Waals surface area (Å²) in [5.41, 5.74) is 8.95. The quantitative estimate of drug-likeness (QED) is 0.713. The fourth-order valence-electron chi connectivity index (χ4n) is 3.41. The molecule has 0 radical (unpaired) electrons. The van der Waals surface area contributed by atoms with Crippen LogP contribution in [-0.4, -0.2) is 6.04 Å². The second-order valence-corrected chi connectivity index (χ2v) is 5.60. The van der Waals surface area contributed by atoms with E-state index in [1.165, 1.54) is 24.0 Å². The van der Waals surface area contributed by atoms with Crippen LogP contribution in [0.4, 0.5) is 4.39 Å². The summed E-state index contributed by atoms with van der Waals surface area (Å²) in [5.74, 6) is -0.0942. The van der Waals surface area contributed by atoms with Gasteiger partial charge in [-0.2, -0.15) is 0 Å². The SMILES string of the molecule is NC1CCC2(CC1)Cc1ccc(F)cc1C2. The van der Waals surface area contributed by atoms with E-state index in [1.807, 2.05) is 6.07 Å². The van der Waals surface area contributed by atoms with Crippen molar-refractivity contribution in [3.05, 3.63) is 35.1 Å². The second-order valence-electron chi connectivity index (χ2n) is 5.60. The van der Waals surface area contributed by atoms with E-state index >= 15 is 0 Å². The van der Waals surface area contributed by atoms with Crippen LogP contribution in [0.5, 0.6) is 0 Å². The highest BCUT2D eigenvalue weighted by atomic mass is 19.1. The average Bonchev–Trinajstić information content (AvgIpc) is 2.60. The highest BCUT2D eigenvalue weighted by molar-refractivity contribution is 5.35. The highest BCUT2D eigenvalue weighted by Crippen LogP contribution is 2.47. The van der Waals surface area contributed by atoms with Crippen LogP contribution >= 0.6 is 0 Å².